The van der Waals surface area contributed by atoms with E-state index in [0.717, 1.165) is 17.6 Å². The van der Waals surface area contributed by atoms with Crippen LogP contribution in [0.5, 0.6) is 0 Å². The van der Waals surface area contributed by atoms with E-state index < -0.39 is 21.4 Å². The lowest BCUT2D eigenvalue weighted by Crippen LogP contribution is -2.44. The average Bonchev–Trinajstić information content (AvgIpc) is 2.45. The Balaban J connectivity index is 2.72. The van der Waals surface area contributed by atoms with E-state index in [2.05, 4.69) is 5.32 Å². The lowest BCUT2D eigenvalue weighted by Gasteiger charge is -2.22. The molecule has 1 rings (SSSR count). The Kier molecular flexibility index (Phi) is 4.60. The van der Waals surface area contributed by atoms with Crippen molar-refractivity contribution in [1.29, 1.82) is 0 Å². The molecule has 0 radical (unpaired) electrons. The number of nitrogens with one attached hydrogen (secondary N) is 1. The van der Waals surface area contributed by atoms with Crippen LogP contribution in [0.2, 0.25) is 0 Å². The molecule has 19 heavy (non-hydrogen) atoms. The van der Waals surface area contributed by atoms with Crippen LogP contribution in [-0.2, 0) is 14.6 Å². The van der Waals surface area contributed by atoms with Crippen LogP contribution in [0.25, 0.3) is 0 Å². The monoisotopic (exact) mass is 290 g/mol. The predicted molar refractivity (Wildman–Crippen MR) is 72.4 cm³/mol. The lowest BCUT2D eigenvalue weighted by atomic mass is 9.92. The second-order valence-electron chi connectivity index (χ2n) is 5.78. The third-order valence-electron chi connectivity index (χ3n) is 3.25. The van der Waals surface area contributed by atoms with E-state index in [1.54, 1.807) is 6.92 Å². The summed E-state index contributed by atoms with van der Waals surface area (Å²) in [5.74, 6) is -0.0970. The Morgan fingerprint density at radius 2 is 1.89 bits per heavy atom. The molecule has 6 nitrogen and oxygen atoms in total. The summed E-state index contributed by atoms with van der Waals surface area (Å²) >= 11 is 0. The van der Waals surface area contributed by atoms with Gasteiger partial charge in [0, 0.05) is 12.8 Å². The van der Waals surface area contributed by atoms with E-state index in [4.69, 9.17) is 0 Å². The highest BCUT2D eigenvalue weighted by molar-refractivity contribution is 7.90. The van der Waals surface area contributed by atoms with Crippen LogP contribution in [0.15, 0.2) is 0 Å². The number of amides is 3. The van der Waals surface area contributed by atoms with Crippen molar-refractivity contribution in [3.8, 4) is 0 Å². The van der Waals surface area contributed by atoms with Crippen LogP contribution >= 0.6 is 0 Å². The number of urea groups is 1. The summed E-state index contributed by atoms with van der Waals surface area (Å²) in [6.07, 6.45) is 2.47. The maximum Gasteiger partial charge on any atom is 0.325 e. The standard InChI is InChI=1S/C12H22N2O4S/c1-9(2)5-6-12(3)10(15)14(11(16)13-12)7-8-19(4,17)18/h9H,5-8H2,1-4H3,(H,13,16)/t12-/m1/s1. The molecule has 1 aliphatic rings. The average molecular weight is 290 g/mol. The largest absolute Gasteiger partial charge is 0.325 e. The van der Waals surface area contributed by atoms with Crippen LogP contribution < -0.4 is 5.32 Å². The number of hydrogen-bond acceptors (Lipinski definition) is 4. The minimum absolute atomic E-state index is 0.0826. The minimum atomic E-state index is -3.20. The molecule has 0 aliphatic carbocycles. The van der Waals surface area contributed by atoms with Crippen LogP contribution in [0.3, 0.4) is 0 Å². The fraction of sp³-hybridized carbons (Fsp3) is 0.833. The number of rotatable bonds is 6. The first-order chi connectivity index (χ1) is 8.55. The summed E-state index contributed by atoms with van der Waals surface area (Å²) < 4.78 is 22.2. The van der Waals surface area contributed by atoms with E-state index >= 15 is 0 Å². The Morgan fingerprint density at radius 3 is 2.37 bits per heavy atom. The first kappa shape index (κ1) is 15.9. The smallest absolute Gasteiger partial charge is 0.323 e. The van der Waals surface area contributed by atoms with Gasteiger partial charge in [-0.05, 0) is 25.7 Å². The van der Waals surface area contributed by atoms with Gasteiger partial charge in [-0.2, -0.15) is 0 Å². The predicted octanol–water partition coefficient (Wildman–Crippen LogP) is 0.778. The van der Waals surface area contributed by atoms with Crippen LogP contribution in [0.4, 0.5) is 4.79 Å². The second kappa shape index (κ2) is 5.48. The molecule has 0 aromatic rings. The Hall–Kier alpha value is -1.11. The number of sulfone groups is 1. The minimum Gasteiger partial charge on any atom is -0.323 e. The third-order valence-corrected chi connectivity index (χ3v) is 4.18. The number of hydrogen-bond donors (Lipinski definition) is 1. The first-order valence-corrected chi connectivity index (χ1v) is 8.43. The molecular formula is C12H22N2O4S. The molecule has 1 N–H and O–H groups in total. The molecule has 1 heterocycles. The number of imide groups is 1. The topological polar surface area (TPSA) is 83.6 Å². The van der Waals surface area contributed by atoms with Gasteiger partial charge in [-0.1, -0.05) is 13.8 Å². The fourth-order valence-corrected chi connectivity index (χ4v) is 2.47. The Morgan fingerprint density at radius 1 is 1.32 bits per heavy atom. The van der Waals surface area contributed by atoms with E-state index in [0.29, 0.717) is 12.3 Å². The van der Waals surface area contributed by atoms with E-state index in [-0.39, 0.29) is 18.2 Å². The van der Waals surface area contributed by atoms with Gasteiger partial charge in [0.1, 0.15) is 15.4 Å². The molecule has 0 bridgehead atoms. The van der Waals surface area contributed by atoms with Crippen molar-refractivity contribution in [2.45, 2.75) is 39.2 Å². The zero-order chi connectivity index (χ0) is 14.8. The molecule has 0 spiro atoms. The molecule has 1 aliphatic heterocycles. The molecule has 0 unspecified atom stereocenters. The maximum atomic E-state index is 12.2. The molecule has 7 heteroatoms. The normalized spacial score (nSPS) is 24.2. The van der Waals surface area contributed by atoms with Gasteiger partial charge in [-0.15, -0.1) is 0 Å². The third kappa shape index (κ3) is 4.19. The second-order valence-corrected chi connectivity index (χ2v) is 8.04. The van der Waals surface area contributed by atoms with E-state index in [1.807, 2.05) is 13.8 Å². The van der Waals surface area contributed by atoms with Gasteiger partial charge >= 0.3 is 6.03 Å². The number of nitrogens with zero attached hydrogens (tertiary/aromatic N) is 1. The molecule has 0 saturated carbocycles. The molecule has 0 aromatic carbocycles. The van der Waals surface area contributed by atoms with E-state index in [1.165, 1.54) is 0 Å². The summed E-state index contributed by atoms with van der Waals surface area (Å²) in [7, 11) is -3.20. The van der Waals surface area contributed by atoms with Crippen molar-refractivity contribution >= 4 is 21.8 Å². The molecule has 1 fully saturated rings. The fourth-order valence-electron chi connectivity index (χ4n) is 1.95. The highest BCUT2D eigenvalue weighted by atomic mass is 32.2. The van der Waals surface area contributed by atoms with Gasteiger partial charge in [0.15, 0.2) is 0 Å². The van der Waals surface area contributed by atoms with Crippen LogP contribution in [-0.4, -0.2) is 49.3 Å². The van der Waals surface area contributed by atoms with Crippen molar-refractivity contribution in [3.63, 3.8) is 0 Å². The zero-order valence-electron chi connectivity index (χ0n) is 11.9. The Bertz CT molecular complexity index is 472. The molecule has 3 amide bonds. The molecule has 1 saturated heterocycles. The van der Waals surface area contributed by atoms with Crippen molar-refractivity contribution in [2.75, 3.05) is 18.6 Å². The van der Waals surface area contributed by atoms with Gasteiger partial charge in [0.05, 0.1) is 5.75 Å². The van der Waals surface area contributed by atoms with Crippen molar-refractivity contribution in [2.24, 2.45) is 5.92 Å². The van der Waals surface area contributed by atoms with Gasteiger partial charge in [0.25, 0.3) is 5.91 Å². The van der Waals surface area contributed by atoms with E-state index in [9.17, 15) is 18.0 Å². The van der Waals surface area contributed by atoms with Gasteiger partial charge in [-0.25, -0.2) is 13.2 Å². The highest BCUT2D eigenvalue weighted by Crippen LogP contribution is 2.24. The zero-order valence-corrected chi connectivity index (χ0v) is 12.7. The molecular weight excluding hydrogens is 268 g/mol. The Labute approximate surface area is 114 Å². The molecule has 0 aromatic heterocycles. The summed E-state index contributed by atoms with van der Waals surface area (Å²) in [6, 6.07) is -0.500. The lowest BCUT2D eigenvalue weighted by molar-refractivity contribution is -0.130. The van der Waals surface area contributed by atoms with Gasteiger partial charge in [0.2, 0.25) is 0 Å². The molecule has 1 atom stereocenters. The highest BCUT2D eigenvalue weighted by Gasteiger charge is 2.47. The van der Waals surface area contributed by atoms with Crippen molar-refractivity contribution in [3.05, 3.63) is 0 Å². The van der Waals surface area contributed by atoms with Gasteiger partial charge < -0.3 is 5.32 Å². The van der Waals surface area contributed by atoms with Crippen molar-refractivity contribution < 1.29 is 18.0 Å². The number of carbonyl (C=O) groups is 2. The summed E-state index contributed by atoms with van der Waals surface area (Å²) in [4.78, 5) is 25.0. The summed E-state index contributed by atoms with van der Waals surface area (Å²) in [5, 5.41) is 2.66. The first-order valence-electron chi connectivity index (χ1n) is 6.37. The quantitative estimate of drug-likeness (QED) is 0.733. The molecule has 110 valence electrons. The maximum absolute atomic E-state index is 12.2. The van der Waals surface area contributed by atoms with Crippen molar-refractivity contribution in [1.82, 2.24) is 10.2 Å². The van der Waals surface area contributed by atoms with Gasteiger partial charge in [-0.3, -0.25) is 9.69 Å². The summed E-state index contributed by atoms with van der Waals surface area (Å²) in [5.41, 5.74) is -0.904. The SMILES string of the molecule is CC(C)CC[C@@]1(C)NC(=O)N(CCS(C)(=O)=O)C1=O. The summed E-state index contributed by atoms with van der Waals surface area (Å²) in [6.45, 7) is 5.70. The number of carbonyl (C=O) groups excluding carboxylic acids is 2. The van der Waals surface area contributed by atoms with Crippen LogP contribution in [0, 0.1) is 5.92 Å². The van der Waals surface area contributed by atoms with Crippen LogP contribution in [0.1, 0.15) is 33.6 Å².